The molecule has 0 unspecified atom stereocenters. The summed E-state index contributed by atoms with van der Waals surface area (Å²) in [7, 11) is 0. The van der Waals surface area contributed by atoms with Crippen LogP contribution in [0.4, 0.5) is 21.7 Å². The number of halogens is 1. The van der Waals surface area contributed by atoms with Gasteiger partial charge in [0.25, 0.3) is 0 Å². The number of rotatable bonds is 5. The number of aromatic nitrogens is 2. The smallest absolute Gasteiger partial charge is 0.139 e. The van der Waals surface area contributed by atoms with Crippen LogP contribution in [-0.4, -0.2) is 16.5 Å². The van der Waals surface area contributed by atoms with Crippen molar-refractivity contribution in [2.45, 2.75) is 33.6 Å². The number of anilines is 3. The second-order valence-electron chi connectivity index (χ2n) is 5.22. The molecule has 21 heavy (non-hydrogen) atoms. The summed E-state index contributed by atoms with van der Waals surface area (Å²) in [5.41, 5.74) is 1.60. The molecular weight excluding hydrogens is 267 g/mol. The van der Waals surface area contributed by atoms with E-state index in [-0.39, 0.29) is 11.7 Å². The lowest BCUT2D eigenvalue weighted by Gasteiger charge is -2.16. The molecule has 0 atom stereocenters. The lowest BCUT2D eigenvalue weighted by atomic mass is 10.2. The molecule has 2 rings (SSSR count). The Balaban J connectivity index is 2.41. The summed E-state index contributed by atoms with van der Waals surface area (Å²) >= 11 is 0. The Labute approximate surface area is 124 Å². The third-order valence-electron chi connectivity index (χ3n) is 3.11. The highest BCUT2D eigenvalue weighted by Gasteiger charge is 2.13. The summed E-state index contributed by atoms with van der Waals surface area (Å²) < 4.78 is 13.3. The van der Waals surface area contributed by atoms with Gasteiger partial charge in [0, 0.05) is 23.7 Å². The number of hydrogen-bond donors (Lipinski definition) is 2. The van der Waals surface area contributed by atoms with Crippen LogP contribution in [0.15, 0.2) is 24.3 Å². The summed E-state index contributed by atoms with van der Waals surface area (Å²) in [5.74, 6) is 2.22. The number of nitrogens with one attached hydrogen (secondary N) is 2. The van der Waals surface area contributed by atoms with Crippen molar-refractivity contribution in [2.24, 2.45) is 0 Å². The van der Waals surface area contributed by atoms with Gasteiger partial charge in [0.05, 0.1) is 0 Å². The molecule has 0 aliphatic heterocycles. The van der Waals surface area contributed by atoms with Crippen LogP contribution in [0.5, 0.6) is 0 Å². The standard InChI is InChI=1S/C16H21FN4/c1-5-18-15-11(4)16(21-14(20-15)10(2)3)19-13-8-6-7-12(17)9-13/h6-10H,5H2,1-4H3,(H2,18,19,20,21). The molecule has 0 spiro atoms. The first-order valence-corrected chi connectivity index (χ1v) is 7.16. The van der Waals surface area contributed by atoms with Crippen molar-refractivity contribution in [1.29, 1.82) is 0 Å². The van der Waals surface area contributed by atoms with Crippen molar-refractivity contribution < 1.29 is 4.39 Å². The van der Waals surface area contributed by atoms with E-state index in [2.05, 4.69) is 20.6 Å². The molecular formula is C16H21FN4. The van der Waals surface area contributed by atoms with Crippen LogP contribution in [-0.2, 0) is 0 Å². The first kappa shape index (κ1) is 15.2. The fraction of sp³-hybridized carbons (Fsp3) is 0.375. The summed E-state index contributed by atoms with van der Waals surface area (Å²) in [5, 5.41) is 6.42. The monoisotopic (exact) mass is 288 g/mol. The van der Waals surface area contributed by atoms with Gasteiger partial charge in [0.15, 0.2) is 0 Å². The van der Waals surface area contributed by atoms with Gasteiger partial charge < -0.3 is 10.6 Å². The van der Waals surface area contributed by atoms with Gasteiger partial charge in [-0.2, -0.15) is 0 Å². The Morgan fingerprint density at radius 1 is 1.19 bits per heavy atom. The molecule has 0 aliphatic carbocycles. The third kappa shape index (κ3) is 3.68. The predicted molar refractivity (Wildman–Crippen MR) is 84.7 cm³/mol. The zero-order chi connectivity index (χ0) is 15.4. The predicted octanol–water partition coefficient (Wildman–Crippen LogP) is 4.22. The molecule has 1 aromatic carbocycles. The van der Waals surface area contributed by atoms with Crippen molar-refractivity contribution in [3.05, 3.63) is 41.5 Å². The normalized spacial score (nSPS) is 10.8. The molecule has 0 saturated carbocycles. The first-order chi connectivity index (χ1) is 10.0. The van der Waals surface area contributed by atoms with Crippen molar-refractivity contribution >= 4 is 17.3 Å². The minimum absolute atomic E-state index is 0.219. The molecule has 4 nitrogen and oxygen atoms in total. The van der Waals surface area contributed by atoms with Crippen molar-refractivity contribution in [3.8, 4) is 0 Å². The van der Waals surface area contributed by atoms with Crippen LogP contribution in [0.1, 0.15) is 38.1 Å². The second-order valence-corrected chi connectivity index (χ2v) is 5.22. The van der Waals surface area contributed by atoms with Crippen LogP contribution in [0.2, 0.25) is 0 Å². The largest absolute Gasteiger partial charge is 0.370 e. The van der Waals surface area contributed by atoms with E-state index in [1.165, 1.54) is 12.1 Å². The van der Waals surface area contributed by atoms with Gasteiger partial charge >= 0.3 is 0 Å². The maximum Gasteiger partial charge on any atom is 0.139 e. The average Bonchev–Trinajstić information content (AvgIpc) is 2.43. The molecule has 2 N–H and O–H groups in total. The average molecular weight is 288 g/mol. The van der Waals surface area contributed by atoms with Gasteiger partial charge in [-0.25, -0.2) is 14.4 Å². The molecule has 1 aromatic heterocycles. The zero-order valence-electron chi connectivity index (χ0n) is 12.9. The fourth-order valence-electron chi connectivity index (χ4n) is 1.96. The lowest BCUT2D eigenvalue weighted by Crippen LogP contribution is -2.10. The molecule has 112 valence electrons. The maximum atomic E-state index is 13.3. The number of benzene rings is 1. The van der Waals surface area contributed by atoms with E-state index in [0.29, 0.717) is 11.5 Å². The molecule has 0 radical (unpaired) electrons. The van der Waals surface area contributed by atoms with Crippen LogP contribution in [0, 0.1) is 12.7 Å². The van der Waals surface area contributed by atoms with Gasteiger partial charge in [-0.05, 0) is 32.0 Å². The third-order valence-corrected chi connectivity index (χ3v) is 3.11. The van der Waals surface area contributed by atoms with Crippen LogP contribution >= 0.6 is 0 Å². The zero-order valence-corrected chi connectivity index (χ0v) is 12.9. The van der Waals surface area contributed by atoms with Gasteiger partial charge in [-0.15, -0.1) is 0 Å². The van der Waals surface area contributed by atoms with Gasteiger partial charge in [0.2, 0.25) is 0 Å². The molecule has 0 aliphatic rings. The van der Waals surface area contributed by atoms with Gasteiger partial charge in [-0.1, -0.05) is 19.9 Å². The maximum absolute atomic E-state index is 13.3. The lowest BCUT2D eigenvalue weighted by molar-refractivity contribution is 0.628. The van der Waals surface area contributed by atoms with E-state index in [0.717, 1.165) is 23.8 Å². The minimum Gasteiger partial charge on any atom is -0.370 e. The van der Waals surface area contributed by atoms with Gasteiger partial charge in [0.1, 0.15) is 23.3 Å². The SMILES string of the molecule is CCNc1nc(C(C)C)nc(Nc2cccc(F)c2)c1C. The molecule has 0 amide bonds. The van der Waals surface area contributed by atoms with Gasteiger partial charge in [-0.3, -0.25) is 0 Å². The summed E-state index contributed by atoms with van der Waals surface area (Å²) in [6.45, 7) is 8.85. The van der Waals surface area contributed by atoms with E-state index in [4.69, 9.17) is 0 Å². The van der Waals surface area contributed by atoms with E-state index >= 15 is 0 Å². The molecule has 0 saturated heterocycles. The van der Waals surface area contributed by atoms with Crippen LogP contribution in [0.3, 0.4) is 0 Å². The molecule has 1 heterocycles. The number of nitrogens with zero attached hydrogens (tertiary/aromatic N) is 2. The summed E-state index contributed by atoms with van der Waals surface area (Å²) in [6, 6.07) is 6.35. The quantitative estimate of drug-likeness (QED) is 0.864. The van der Waals surface area contributed by atoms with E-state index in [1.807, 2.05) is 33.8 Å². The summed E-state index contributed by atoms with van der Waals surface area (Å²) in [4.78, 5) is 9.10. The van der Waals surface area contributed by atoms with E-state index in [1.54, 1.807) is 6.07 Å². The Hall–Kier alpha value is -2.17. The van der Waals surface area contributed by atoms with E-state index in [9.17, 15) is 4.39 Å². The van der Waals surface area contributed by atoms with Crippen LogP contribution < -0.4 is 10.6 Å². The highest BCUT2D eigenvalue weighted by molar-refractivity contribution is 5.64. The topological polar surface area (TPSA) is 49.8 Å². The number of hydrogen-bond acceptors (Lipinski definition) is 4. The Morgan fingerprint density at radius 2 is 1.90 bits per heavy atom. The minimum atomic E-state index is -0.275. The van der Waals surface area contributed by atoms with E-state index < -0.39 is 0 Å². The molecule has 2 aromatic rings. The summed E-state index contributed by atoms with van der Waals surface area (Å²) in [6.07, 6.45) is 0. The van der Waals surface area contributed by atoms with Crippen molar-refractivity contribution in [3.63, 3.8) is 0 Å². The fourth-order valence-corrected chi connectivity index (χ4v) is 1.96. The molecule has 5 heteroatoms. The van der Waals surface area contributed by atoms with Crippen LogP contribution in [0.25, 0.3) is 0 Å². The highest BCUT2D eigenvalue weighted by atomic mass is 19.1. The van der Waals surface area contributed by atoms with Crippen molar-refractivity contribution in [1.82, 2.24) is 9.97 Å². The highest BCUT2D eigenvalue weighted by Crippen LogP contribution is 2.26. The molecule has 0 fully saturated rings. The Morgan fingerprint density at radius 3 is 2.52 bits per heavy atom. The van der Waals surface area contributed by atoms with Crippen molar-refractivity contribution in [2.75, 3.05) is 17.2 Å². The molecule has 0 bridgehead atoms. The second kappa shape index (κ2) is 6.52. The Kier molecular flexibility index (Phi) is 4.73. The Bertz CT molecular complexity index is 626. The first-order valence-electron chi connectivity index (χ1n) is 7.16.